The zero-order valence-electron chi connectivity index (χ0n) is 16.1. The lowest BCUT2D eigenvalue weighted by atomic mass is 9.93. The summed E-state index contributed by atoms with van der Waals surface area (Å²) < 4.78 is 10.8. The van der Waals surface area contributed by atoms with E-state index in [4.69, 9.17) is 9.47 Å². The summed E-state index contributed by atoms with van der Waals surface area (Å²) in [5.74, 6) is 0.356. The Hall–Kier alpha value is -2.61. The molecule has 150 valence electrons. The zero-order valence-corrected chi connectivity index (χ0v) is 17.0. The molecule has 3 rings (SSSR count). The second kappa shape index (κ2) is 9.54. The molecular weight excluding hydrogens is 378 g/mol. The number of nitrogens with zero attached hydrogens (tertiary/aromatic N) is 2. The summed E-state index contributed by atoms with van der Waals surface area (Å²) in [5.41, 5.74) is 0.347. The molecule has 1 aromatic carbocycles. The van der Waals surface area contributed by atoms with E-state index in [9.17, 15) is 9.59 Å². The third-order valence-corrected chi connectivity index (χ3v) is 5.60. The Morgan fingerprint density at radius 2 is 1.86 bits per heavy atom. The summed E-state index contributed by atoms with van der Waals surface area (Å²) in [4.78, 5) is 31.9. The van der Waals surface area contributed by atoms with Gasteiger partial charge in [-0.2, -0.15) is 0 Å². The van der Waals surface area contributed by atoms with Gasteiger partial charge in [0, 0.05) is 17.6 Å². The number of benzene rings is 1. The average Bonchev–Trinajstić information content (AvgIpc) is 3.24. The van der Waals surface area contributed by atoms with E-state index in [0.717, 1.165) is 32.1 Å². The van der Waals surface area contributed by atoms with Gasteiger partial charge in [0.25, 0.3) is 5.91 Å². The van der Waals surface area contributed by atoms with Crippen LogP contribution in [0.25, 0.3) is 0 Å². The molecule has 1 aromatic heterocycles. The molecule has 0 spiro atoms. The SMILES string of the molecule is COc1cccc(OC)c1C(=O)N(CC(=O)Nc1nccs1)C1CCCCC1. The van der Waals surface area contributed by atoms with Crippen LogP contribution in [0.5, 0.6) is 11.5 Å². The predicted octanol–water partition coefficient (Wildman–Crippen LogP) is 3.57. The van der Waals surface area contributed by atoms with Crippen LogP contribution in [0.1, 0.15) is 42.5 Å². The third-order valence-electron chi connectivity index (χ3n) is 4.91. The van der Waals surface area contributed by atoms with Crippen molar-refractivity contribution in [3.63, 3.8) is 0 Å². The minimum absolute atomic E-state index is 0.0120. The van der Waals surface area contributed by atoms with E-state index in [0.29, 0.717) is 22.2 Å². The number of thiazole rings is 1. The van der Waals surface area contributed by atoms with Gasteiger partial charge < -0.3 is 19.7 Å². The summed E-state index contributed by atoms with van der Waals surface area (Å²) in [6.45, 7) is -0.0374. The van der Waals surface area contributed by atoms with Crippen molar-refractivity contribution in [3.8, 4) is 11.5 Å². The Labute approximate surface area is 168 Å². The molecule has 1 saturated carbocycles. The van der Waals surface area contributed by atoms with Gasteiger partial charge in [-0.3, -0.25) is 9.59 Å². The van der Waals surface area contributed by atoms with Crippen molar-refractivity contribution in [2.24, 2.45) is 0 Å². The number of aromatic nitrogens is 1. The molecule has 1 fully saturated rings. The normalized spacial score (nSPS) is 14.4. The lowest BCUT2D eigenvalue weighted by Crippen LogP contribution is -2.46. The Morgan fingerprint density at radius 1 is 1.18 bits per heavy atom. The van der Waals surface area contributed by atoms with Crippen LogP contribution in [0.15, 0.2) is 29.8 Å². The Kier molecular flexibility index (Phi) is 6.86. The molecule has 2 amide bonds. The Morgan fingerprint density at radius 3 is 2.43 bits per heavy atom. The molecular formula is C20H25N3O4S. The van der Waals surface area contributed by atoms with Crippen LogP contribution in [-0.2, 0) is 4.79 Å². The van der Waals surface area contributed by atoms with Crippen LogP contribution in [-0.4, -0.2) is 48.5 Å². The number of carbonyl (C=O) groups is 2. The van der Waals surface area contributed by atoms with Crippen LogP contribution in [0.3, 0.4) is 0 Å². The topological polar surface area (TPSA) is 80.8 Å². The summed E-state index contributed by atoms with van der Waals surface area (Å²) >= 11 is 1.34. The summed E-state index contributed by atoms with van der Waals surface area (Å²) in [6.07, 6.45) is 6.64. The molecule has 0 atom stereocenters. The Bertz CT molecular complexity index is 782. The third kappa shape index (κ3) is 4.62. The van der Waals surface area contributed by atoms with E-state index < -0.39 is 0 Å². The van der Waals surface area contributed by atoms with E-state index in [1.165, 1.54) is 25.6 Å². The van der Waals surface area contributed by atoms with Crippen molar-refractivity contribution in [1.82, 2.24) is 9.88 Å². The number of anilines is 1. The van der Waals surface area contributed by atoms with Gasteiger partial charge in [0.1, 0.15) is 23.6 Å². The monoisotopic (exact) mass is 403 g/mol. The summed E-state index contributed by atoms with van der Waals surface area (Å²) in [7, 11) is 3.04. The maximum Gasteiger partial charge on any atom is 0.262 e. The fourth-order valence-corrected chi connectivity index (χ4v) is 4.11. The van der Waals surface area contributed by atoms with Gasteiger partial charge in [-0.25, -0.2) is 4.98 Å². The maximum absolute atomic E-state index is 13.5. The van der Waals surface area contributed by atoms with E-state index in [2.05, 4.69) is 10.3 Å². The molecule has 0 unspecified atom stereocenters. The van der Waals surface area contributed by atoms with Crippen molar-refractivity contribution in [3.05, 3.63) is 35.3 Å². The number of nitrogens with one attached hydrogen (secondary N) is 1. The molecule has 1 N–H and O–H groups in total. The fourth-order valence-electron chi connectivity index (χ4n) is 3.56. The van der Waals surface area contributed by atoms with Gasteiger partial charge >= 0.3 is 0 Å². The van der Waals surface area contributed by atoms with Crippen molar-refractivity contribution in [1.29, 1.82) is 0 Å². The van der Waals surface area contributed by atoms with E-state index in [1.54, 1.807) is 34.7 Å². The van der Waals surface area contributed by atoms with Crippen molar-refractivity contribution >= 4 is 28.3 Å². The summed E-state index contributed by atoms with van der Waals surface area (Å²) in [5, 5.41) is 5.08. The predicted molar refractivity (Wildman–Crippen MR) is 108 cm³/mol. The minimum Gasteiger partial charge on any atom is -0.496 e. The molecule has 0 radical (unpaired) electrons. The van der Waals surface area contributed by atoms with Gasteiger partial charge in [-0.1, -0.05) is 25.3 Å². The van der Waals surface area contributed by atoms with Crippen LogP contribution in [0.4, 0.5) is 5.13 Å². The van der Waals surface area contributed by atoms with Crippen LogP contribution in [0, 0.1) is 0 Å². The van der Waals surface area contributed by atoms with Gasteiger partial charge in [0.2, 0.25) is 5.91 Å². The molecule has 8 heteroatoms. The standard InChI is InChI=1S/C20H25N3O4S/c1-26-15-9-6-10-16(27-2)18(15)19(25)23(14-7-4-3-5-8-14)13-17(24)22-20-21-11-12-28-20/h6,9-12,14H,3-5,7-8,13H2,1-2H3,(H,21,22,24). The van der Waals surface area contributed by atoms with Gasteiger partial charge in [0.05, 0.1) is 14.2 Å². The molecule has 7 nitrogen and oxygen atoms in total. The van der Waals surface area contributed by atoms with Gasteiger partial charge in [-0.05, 0) is 25.0 Å². The molecule has 0 bridgehead atoms. The average molecular weight is 404 g/mol. The maximum atomic E-state index is 13.5. The van der Waals surface area contributed by atoms with Crippen molar-refractivity contribution < 1.29 is 19.1 Å². The number of hydrogen-bond acceptors (Lipinski definition) is 6. The Balaban J connectivity index is 1.88. The van der Waals surface area contributed by atoms with Crippen molar-refractivity contribution in [2.45, 2.75) is 38.1 Å². The highest BCUT2D eigenvalue weighted by Gasteiger charge is 2.31. The number of amides is 2. The highest BCUT2D eigenvalue weighted by atomic mass is 32.1. The van der Waals surface area contributed by atoms with Crippen LogP contribution >= 0.6 is 11.3 Å². The second-order valence-corrected chi connectivity index (χ2v) is 7.54. The molecule has 1 aliphatic carbocycles. The number of ether oxygens (including phenoxy) is 2. The largest absolute Gasteiger partial charge is 0.496 e. The molecule has 0 saturated heterocycles. The van der Waals surface area contributed by atoms with E-state index in [-0.39, 0.29) is 24.4 Å². The first-order valence-corrected chi connectivity index (χ1v) is 10.2. The quantitative estimate of drug-likeness (QED) is 0.764. The van der Waals surface area contributed by atoms with E-state index >= 15 is 0 Å². The lowest BCUT2D eigenvalue weighted by Gasteiger charge is -2.34. The number of carbonyl (C=O) groups excluding carboxylic acids is 2. The van der Waals surface area contributed by atoms with Crippen molar-refractivity contribution in [2.75, 3.05) is 26.1 Å². The van der Waals surface area contributed by atoms with Crippen LogP contribution < -0.4 is 14.8 Å². The first-order valence-electron chi connectivity index (χ1n) is 9.35. The number of rotatable bonds is 7. The van der Waals surface area contributed by atoms with Crippen LogP contribution in [0.2, 0.25) is 0 Å². The molecule has 1 aliphatic rings. The summed E-state index contributed by atoms with van der Waals surface area (Å²) in [6, 6.07) is 5.24. The van der Waals surface area contributed by atoms with E-state index in [1.807, 2.05) is 0 Å². The smallest absolute Gasteiger partial charge is 0.262 e. The van der Waals surface area contributed by atoms with Gasteiger partial charge in [-0.15, -0.1) is 11.3 Å². The minimum atomic E-state index is -0.261. The lowest BCUT2D eigenvalue weighted by molar-refractivity contribution is -0.117. The number of methoxy groups -OCH3 is 2. The number of hydrogen-bond donors (Lipinski definition) is 1. The first-order chi connectivity index (χ1) is 13.6. The second-order valence-electron chi connectivity index (χ2n) is 6.65. The molecule has 1 heterocycles. The molecule has 28 heavy (non-hydrogen) atoms. The highest BCUT2D eigenvalue weighted by Crippen LogP contribution is 2.32. The highest BCUT2D eigenvalue weighted by molar-refractivity contribution is 7.13. The zero-order chi connectivity index (χ0) is 19.9. The molecule has 0 aliphatic heterocycles. The van der Waals surface area contributed by atoms with Gasteiger partial charge in [0.15, 0.2) is 5.13 Å². The first kappa shape index (κ1) is 20.1. The fraction of sp³-hybridized carbons (Fsp3) is 0.450. The molecule has 2 aromatic rings.